The largest absolute Gasteiger partial charge is 0.465 e. The van der Waals surface area contributed by atoms with Gasteiger partial charge in [0.15, 0.2) is 5.75 Å². The summed E-state index contributed by atoms with van der Waals surface area (Å²) >= 11 is 2.12. The number of hydrogen-bond donors (Lipinski definition) is 2. The van der Waals surface area contributed by atoms with Crippen LogP contribution in [0.4, 0.5) is 17.1 Å². The molecule has 0 saturated carbocycles. The second kappa shape index (κ2) is 13.6. The summed E-state index contributed by atoms with van der Waals surface area (Å²) in [5, 5.41) is 16.6. The number of benzene rings is 4. The first-order valence-corrected chi connectivity index (χ1v) is 13.4. The first kappa shape index (κ1) is 30.6. The van der Waals surface area contributed by atoms with Gasteiger partial charge in [0, 0.05) is 32.5 Å². The van der Waals surface area contributed by atoms with Gasteiger partial charge in [0.2, 0.25) is 0 Å². The maximum absolute atomic E-state index is 13.2. The minimum atomic E-state index is -0.875. The minimum absolute atomic E-state index is 0.0122. The number of esters is 2. The van der Waals surface area contributed by atoms with Crippen LogP contribution >= 0.6 is 22.6 Å². The molecule has 0 bridgehead atoms. The molecule has 12 nitrogen and oxygen atoms in total. The fraction of sp³-hybridized carbons (Fsp3) is 0.0667. The molecule has 43 heavy (non-hydrogen) atoms. The van der Waals surface area contributed by atoms with Gasteiger partial charge in [-0.15, -0.1) is 0 Å². The van der Waals surface area contributed by atoms with E-state index in [1.165, 1.54) is 54.6 Å². The van der Waals surface area contributed by atoms with Crippen molar-refractivity contribution in [3.05, 3.63) is 121 Å². The van der Waals surface area contributed by atoms with E-state index in [4.69, 9.17) is 14.2 Å². The molecule has 4 aromatic carbocycles. The van der Waals surface area contributed by atoms with Crippen LogP contribution in [0.2, 0.25) is 0 Å². The molecule has 13 heteroatoms. The highest BCUT2D eigenvalue weighted by Gasteiger charge is 2.25. The lowest BCUT2D eigenvalue weighted by atomic mass is 10.1. The average Bonchev–Trinajstić information content (AvgIpc) is 3.01. The Bertz CT molecular complexity index is 1740. The predicted octanol–water partition coefficient (Wildman–Crippen LogP) is 6.07. The van der Waals surface area contributed by atoms with Gasteiger partial charge in [0.1, 0.15) is 11.3 Å². The van der Waals surface area contributed by atoms with Gasteiger partial charge < -0.3 is 24.8 Å². The summed E-state index contributed by atoms with van der Waals surface area (Å²) in [6.45, 7) is 0. The summed E-state index contributed by atoms with van der Waals surface area (Å²) in [5.74, 6) is -2.89. The van der Waals surface area contributed by atoms with Gasteiger partial charge in [0.05, 0.1) is 30.4 Å². The highest BCUT2D eigenvalue weighted by Crippen LogP contribution is 2.36. The molecule has 0 radical (unpaired) electrons. The van der Waals surface area contributed by atoms with Crippen LogP contribution < -0.4 is 15.4 Å². The van der Waals surface area contributed by atoms with Crippen LogP contribution in [0.3, 0.4) is 0 Å². The number of non-ortho nitro benzene ring substituents is 1. The Kier molecular flexibility index (Phi) is 9.67. The number of carbonyl (C=O) groups is 4. The highest BCUT2D eigenvalue weighted by atomic mass is 127. The topological polar surface area (TPSA) is 163 Å². The number of nitro groups is 1. The first-order valence-electron chi connectivity index (χ1n) is 12.4. The SMILES string of the molecule is COC(=O)c1cccc(Oc2ccc(NC(=O)c3ccc(I)cc3)cc2NC(=O)c2cccc([N+](=O)[O-])c2)c1C(=O)OC. The number of methoxy groups -OCH3 is 2. The third-order valence-corrected chi connectivity index (χ3v) is 6.67. The van der Waals surface area contributed by atoms with Gasteiger partial charge in [-0.3, -0.25) is 19.7 Å². The molecule has 0 spiro atoms. The Hall–Kier alpha value is -5.31. The van der Waals surface area contributed by atoms with E-state index in [0.29, 0.717) is 5.56 Å². The van der Waals surface area contributed by atoms with Crippen LogP contribution in [0.15, 0.2) is 84.9 Å². The average molecular weight is 695 g/mol. The van der Waals surface area contributed by atoms with E-state index in [9.17, 15) is 29.3 Å². The van der Waals surface area contributed by atoms with Gasteiger partial charge in [-0.25, -0.2) is 9.59 Å². The van der Waals surface area contributed by atoms with E-state index in [1.807, 2.05) is 0 Å². The van der Waals surface area contributed by atoms with E-state index < -0.39 is 28.7 Å². The number of halogens is 1. The molecule has 2 N–H and O–H groups in total. The number of nitrogens with one attached hydrogen (secondary N) is 2. The molecule has 0 aliphatic rings. The molecule has 4 rings (SSSR count). The second-order valence-corrected chi connectivity index (χ2v) is 9.94. The number of nitrogens with zero attached hydrogens (tertiary/aromatic N) is 1. The van der Waals surface area contributed by atoms with E-state index in [-0.39, 0.29) is 45.3 Å². The second-order valence-electron chi connectivity index (χ2n) is 8.70. The van der Waals surface area contributed by atoms with E-state index >= 15 is 0 Å². The molecular formula is C30H22IN3O9. The summed E-state index contributed by atoms with van der Waals surface area (Å²) in [6.07, 6.45) is 0. The maximum atomic E-state index is 13.2. The number of carbonyl (C=O) groups excluding carboxylic acids is 4. The van der Waals surface area contributed by atoms with Crippen molar-refractivity contribution in [3.8, 4) is 11.5 Å². The Morgan fingerprint density at radius 2 is 1.42 bits per heavy atom. The van der Waals surface area contributed by atoms with Gasteiger partial charge in [-0.2, -0.15) is 0 Å². The first-order chi connectivity index (χ1) is 20.6. The molecule has 0 unspecified atom stereocenters. The Labute approximate surface area is 258 Å². The smallest absolute Gasteiger partial charge is 0.342 e. The van der Waals surface area contributed by atoms with Crippen molar-refractivity contribution in [1.82, 2.24) is 0 Å². The molecule has 0 aliphatic carbocycles. The quantitative estimate of drug-likeness (QED) is 0.0916. The van der Waals surface area contributed by atoms with Crippen molar-refractivity contribution in [2.75, 3.05) is 24.9 Å². The van der Waals surface area contributed by atoms with E-state index in [0.717, 1.165) is 23.9 Å². The van der Waals surface area contributed by atoms with Crippen molar-refractivity contribution in [3.63, 3.8) is 0 Å². The summed E-state index contributed by atoms with van der Waals surface area (Å²) in [4.78, 5) is 61.6. The molecule has 0 fully saturated rings. The van der Waals surface area contributed by atoms with Gasteiger partial charge in [-0.1, -0.05) is 12.1 Å². The fourth-order valence-corrected chi connectivity index (χ4v) is 4.24. The van der Waals surface area contributed by atoms with E-state index in [2.05, 4.69) is 33.2 Å². The summed E-state index contributed by atoms with van der Waals surface area (Å²) < 4.78 is 16.6. The van der Waals surface area contributed by atoms with Crippen LogP contribution in [0.5, 0.6) is 11.5 Å². The molecule has 2 amide bonds. The van der Waals surface area contributed by atoms with Gasteiger partial charge >= 0.3 is 11.9 Å². The van der Waals surface area contributed by atoms with Crippen LogP contribution in [-0.2, 0) is 9.47 Å². The molecule has 4 aromatic rings. The normalized spacial score (nSPS) is 10.3. The van der Waals surface area contributed by atoms with Crippen molar-refractivity contribution in [2.45, 2.75) is 0 Å². The Morgan fingerprint density at radius 1 is 0.744 bits per heavy atom. The van der Waals surface area contributed by atoms with Crippen LogP contribution in [-0.4, -0.2) is 42.9 Å². The monoisotopic (exact) mass is 695 g/mol. The number of amides is 2. The van der Waals surface area contributed by atoms with E-state index in [1.54, 1.807) is 24.3 Å². The number of rotatable bonds is 9. The standard InChI is InChI=1S/C30H22IN3O9/c1-41-29(37)22-7-4-8-25(26(22)30(38)42-2)43-24-14-13-20(32-27(35)17-9-11-19(31)12-10-17)16-23(24)33-28(36)18-5-3-6-21(15-18)34(39)40/h3-16H,1-2H3,(H,32,35)(H,33,36). The summed E-state index contributed by atoms with van der Waals surface area (Å²) in [7, 11) is 2.29. The highest BCUT2D eigenvalue weighted by molar-refractivity contribution is 14.1. The number of anilines is 2. The van der Waals surface area contributed by atoms with Crippen molar-refractivity contribution >= 4 is 63.4 Å². The predicted molar refractivity (Wildman–Crippen MR) is 164 cm³/mol. The zero-order chi connectivity index (χ0) is 31.1. The van der Waals surface area contributed by atoms with Gasteiger partial charge in [0.25, 0.3) is 17.5 Å². The molecule has 218 valence electrons. The molecule has 0 saturated heterocycles. The van der Waals surface area contributed by atoms with Crippen LogP contribution in [0.1, 0.15) is 41.4 Å². The van der Waals surface area contributed by atoms with Crippen molar-refractivity contribution < 1.29 is 38.3 Å². The van der Waals surface area contributed by atoms with Crippen molar-refractivity contribution in [1.29, 1.82) is 0 Å². The summed E-state index contributed by atoms with van der Waals surface area (Å²) in [6, 6.07) is 20.6. The van der Waals surface area contributed by atoms with Crippen LogP contribution in [0, 0.1) is 13.7 Å². The zero-order valence-corrected chi connectivity index (χ0v) is 24.7. The maximum Gasteiger partial charge on any atom is 0.342 e. The number of ether oxygens (including phenoxy) is 3. The fourth-order valence-electron chi connectivity index (χ4n) is 3.88. The number of nitro benzene ring substituents is 1. The lowest BCUT2D eigenvalue weighted by Crippen LogP contribution is -2.15. The molecule has 0 heterocycles. The third-order valence-electron chi connectivity index (χ3n) is 5.95. The zero-order valence-electron chi connectivity index (χ0n) is 22.6. The minimum Gasteiger partial charge on any atom is -0.465 e. The van der Waals surface area contributed by atoms with Gasteiger partial charge in [-0.05, 0) is 83.3 Å². The summed E-state index contributed by atoms with van der Waals surface area (Å²) in [5.41, 5.74) is 0.0731. The lowest BCUT2D eigenvalue weighted by molar-refractivity contribution is -0.384. The lowest BCUT2D eigenvalue weighted by Gasteiger charge is -2.17. The molecular weight excluding hydrogens is 673 g/mol. The molecule has 0 atom stereocenters. The Morgan fingerprint density at radius 3 is 2.09 bits per heavy atom. The third kappa shape index (κ3) is 7.32. The molecule has 0 aliphatic heterocycles. The number of hydrogen-bond acceptors (Lipinski definition) is 9. The van der Waals surface area contributed by atoms with Crippen LogP contribution in [0.25, 0.3) is 0 Å². The van der Waals surface area contributed by atoms with Crippen molar-refractivity contribution in [2.24, 2.45) is 0 Å². The molecule has 0 aromatic heterocycles. The Balaban J connectivity index is 1.75.